The predicted octanol–water partition coefficient (Wildman–Crippen LogP) is 4.76. The van der Waals surface area contributed by atoms with E-state index in [1.165, 1.54) is 6.92 Å². The van der Waals surface area contributed by atoms with Crippen LogP contribution < -0.4 is 0 Å². The summed E-state index contributed by atoms with van der Waals surface area (Å²) in [6, 6.07) is -4.88. The van der Waals surface area contributed by atoms with Gasteiger partial charge in [0.25, 0.3) is 5.91 Å². The zero-order chi connectivity index (χ0) is 22.8. The summed E-state index contributed by atoms with van der Waals surface area (Å²) in [6.07, 6.45) is 2.61. The summed E-state index contributed by atoms with van der Waals surface area (Å²) in [5, 5.41) is 0. The number of hydrogen-bond acceptors (Lipinski definition) is 3. The molecule has 0 aromatic carbocycles. The fraction of sp³-hybridized carbons (Fsp3) is 0.773. The van der Waals surface area contributed by atoms with Crippen molar-refractivity contribution in [2.24, 2.45) is 10.8 Å². The minimum absolute atomic E-state index is 0.0630. The van der Waals surface area contributed by atoms with Gasteiger partial charge in [-0.05, 0) is 31.6 Å². The molecule has 0 unspecified atom stereocenters. The molecule has 0 N–H and O–H groups in total. The quantitative estimate of drug-likeness (QED) is 0.446. The Bertz CT molecular complexity index is 659. The maximum Gasteiger partial charge on any atom is 0.408 e. The molecular weight excluding hydrogens is 378 g/mol. The molecule has 3 amide bonds. The van der Waals surface area contributed by atoms with E-state index in [1.807, 2.05) is 0 Å². The van der Waals surface area contributed by atoms with Crippen molar-refractivity contribution in [3.8, 4) is 0 Å². The smallest absolute Gasteiger partial charge is 0.275 e. The summed E-state index contributed by atoms with van der Waals surface area (Å²) in [6.45, 7) is 15.0. The highest BCUT2D eigenvalue weighted by atomic mass is 19.3. The number of nitrogens with zero attached hydrogens (tertiary/aromatic N) is 2. The van der Waals surface area contributed by atoms with Gasteiger partial charge in [-0.25, -0.2) is 0 Å². The van der Waals surface area contributed by atoms with Crippen LogP contribution in [-0.2, 0) is 14.4 Å². The maximum atomic E-state index is 15.5. The number of hydrogen-bond donors (Lipinski definition) is 0. The van der Waals surface area contributed by atoms with E-state index in [1.54, 1.807) is 41.5 Å². The number of alkyl halides is 2. The van der Waals surface area contributed by atoms with Gasteiger partial charge in [-0.15, -0.1) is 0 Å². The van der Waals surface area contributed by atoms with Crippen molar-refractivity contribution in [1.82, 2.24) is 9.80 Å². The van der Waals surface area contributed by atoms with Gasteiger partial charge >= 0.3 is 12.0 Å². The summed E-state index contributed by atoms with van der Waals surface area (Å²) in [4.78, 5) is 39.8. The molecule has 0 aliphatic heterocycles. The van der Waals surface area contributed by atoms with Crippen LogP contribution in [0.3, 0.4) is 0 Å². The molecule has 7 heteroatoms. The van der Waals surface area contributed by atoms with Gasteiger partial charge in [-0.1, -0.05) is 61.0 Å². The van der Waals surface area contributed by atoms with Crippen LogP contribution in [0.4, 0.5) is 8.78 Å². The van der Waals surface area contributed by atoms with Crippen LogP contribution >= 0.6 is 0 Å². The summed E-state index contributed by atoms with van der Waals surface area (Å²) in [7, 11) is 0. The third kappa shape index (κ3) is 5.86. The first-order valence-electron chi connectivity index (χ1n) is 10.3. The number of imide groups is 1. The lowest BCUT2D eigenvalue weighted by Gasteiger charge is -2.40. The number of carbonyl (C=O) groups is 3. The highest BCUT2D eigenvalue weighted by Crippen LogP contribution is 2.36. The minimum Gasteiger partial charge on any atom is -0.275 e. The summed E-state index contributed by atoms with van der Waals surface area (Å²) < 4.78 is 31.1. The second-order valence-corrected chi connectivity index (χ2v) is 9.93. The number of rotatable bonds is 7. The van der Waals surface area contributed by atoms with Gasteiger partial charge in [0.05, 0.1) is 0 Å². The Morgan fingerprint density at radius 1 is 1.00 bits per heavy atom. The fourth-order valence-corrected chi connectivity index (χ4v) is 3.38. The molecule has 1 rings (SSSR count). The molecule has 0 radical (unpaired) electrons. The zero-order valence-corrected chi connectivity index (χ0v) is 18.9. The summed E-state index contributed by atoms with van der Waals surface area (Å²) in [5.41, 5.74) is -1.62. The van der Waals surface area contributed by atoms with Gasteiger partial charge in [-0.3, -0.25) is 24.2 Å². The predicted molar refractivity (Wildman–Crippen MR) is 109 cm³/mol. The largest absolute Gasteiger partial charge is 0.408 e. The second kappa shape index (κ2) is 8.92. The number of carbonyl (C=O) groups excluding carboxylic acids is 3. The molecule has 0 aromatic rings. The Morgan fingerprint density at radius 2 is 1.48 bits per heavy atom. The highest BCUT2D eigenvalue weighted by molar-refractivity contribution is 6.03. The Kier molecular flexibility index (Phi) is 7.77. The lowest BCUT2D eigenvalue weighted by atomic mass is 9.87. The molecule has 1 aliphatic rings. The van der Waals surface area contributed by atoms with Crippen LogP contribution in [0.5, 0.6) is 0 Å². The van der Waals surface area contributed by atoms with E-state index in [0.29, 0.717) is 41.9 Å². The standard InChI is InChI=1S/C22H36F2N2O3/c1-9-21(7,8)18(28)25(14-20(4,5)6)19(29)22(23,24)26(17(27)15(2)3)16-12-10-11-13-16/h16H,2,9-14H2,1,3-8H3. The van der Waals surface area contributed by atoms with E-state index in [0.717, 1.165) is 0 Å². The van der Waals surface area contributed by atoms with Gasteiger partial charge in [0.2, 0.25) is 5.91 Å². The Morgan fingerprint density at radius 3 is 1.86 bits per heavy atom. The van der Waals surface area contributed by atoms with Crippen LogP contribution in [-0.4, -0.2) is 46.2 Å². The molecule has 0 atom stereocenters. The minimum atomic E-state index is -4.13. The third-order valence-corrected chi connectivity index (χ3v) is 5.42. The fourth-order valence-electron chi connectivity index (χ4n) is 3.38. The second-order valence-electron chi connectivity index (χ2n) is 9.93. The average molecular weight is 415 g/mol. The molecule has 0 saturated heterocycles. The summed E-state index contributed by atoms with van der Waals surface area (Å²) >= 11 is 0. The van der Waals surface area contributed by atoms with Crippen LogP contribution in [0, 0.1) is 10.8 Å². The SMILES string of the molecule is C=C(C)C(=O)N(C1CCCC1)C(F)(F)C(=O)N(CC(C)(C)C)C(=O)C(C)(C)CC. The molecule has 0 bridgehead atoms. The van der Waals surface area contributed by atoms with E-state index < -0.39 is 40.6 Å². The first-order valence-corrected chi connectivity index (χ1v) is 10.3. The molecule has 1 fully saturated rings. The molecule has 0 spiro atoms. The van der Waals surface area contributed by atoms with Crippen LogP contribution in [0.1, 0.15) is 80.6 Å². The van der Waals surface area contributed by atoms with Gasteiger partial charge in [0.15, 0.2) is 0 Å². The van der Waals surface area contributed by atoms with Crippen molar-refractivity contribution >= 4 is 17.7 Å². The Balaban J connectivity index is 3.43. The lowest BCUT2D eigenvalue weighted by Crippen LogP contribution is -2.62. The Labute approximate surface area is 173 Å². The number of amides is 3. The third-order valence-electron chi connectivity index (χ3n) is 5.42. The van der Waals surface area contributed by atoms with Crippen molar-refractivity contribution in [3.63, 3.8) is 0 Å². The monoisotopic (exact) mass is 414 g/mol. The molecule has 0 aromatic heterocycles. The number of halogens is 2. The highest BCUT2D eigenvalue weighted by Gasteiger charge is 2.55. The first kappa shape index (κ1) is 25.2. The normalized spacial score (nSPS) is 15.9. The molecule has 1 saturated carbocycles. The van der Waals surface area contributed by atoms with Gasteiger partial charge < -0.3 is 0 Å². The summed E-state index contributed by atoms with van der Waals surface area (Å²) in [5.74, 6) is -3.25. The molecule has 166 valence electrons. The van der Waals surface area contributed by atoms with Crippen molar-refractivity contribution in [3.05, 3.63) is 12.2 Å². The molecule has 1 aliphatic carbocycles. The maximum absolute atomic E-state index is 15.5. The zero-order valence-electron chi connectivity index (χ0n) is 18.9. The van der Waals surface area contributed by atoms with Gasteiger partial charge in [-0.2, -0.15) is 8.78 Å². The van der Waals surface area contributed by atoms with E-state index in [9.17, 15) is 14.4 Å². The Hall–Kier alpha value is -1.79. The lowest BCUT2D eigenvalue weighted by molar-refractivity contribution is -0.202. The molecule has 5 nitrogen and oxygen atoms in total. The van der Waals surface area contributed by atoms with Crippen molar-refractivity contribution in [2.75, 3.05) is 6.54 Å². The van der Waals surface area contributed by atoms with E-state index in [-0.39, 0.29) is 12.1 Å². The van der Waals surface area contributed by atoms with Crippen molar-refractivity contribution in [1.29, 1.82) is 0 Å². The average Bonchev–Trinajstić information content (AvgIpc) is 3.11. The van der Waals surface area contributed by atoms with Crippen LogP contribution in [0.2, 0.25) is 0 Å². The first-order chi connectivity index (χ1) is 13.1. The van der Waals surface area contributed by atoms with Gasteiger partial charge in [0, 0.05) is 23.6 Å². The van der Waals surface area contributed by atoms with Crippen molar-refractivity contribution < 1.29 is 23.2 Å². The molecule has 29 heavy (non-hydrogen) atoms. The van der Waals surface area contributed by atoms with Crippen molar-refractivity contribution in [2.45, 2.75) is 92.7 Å². The van der Waals surface area contributed by atoms with Crippen LogP contribution in [0.15, 0.2) is 12.2 Å². The van der Waals surface area contributed by atoms with E-state index >= 15 is 8.78 Å². The van der Waals surface area contributed by atoms with E-state index in [2.05, 4.69) is 6.58 Å². The van der Waals surface area contributed by atoms with Gasteiger partial charge in [0.1, 0.15) is 0 Å². The van der Waals surface area contributed by atoms with Crippen LogP contribution in [0.25, 0.3) is 0 Å². The van der Waals surface area contributed by atoms with E-state index in [4.69, 9.17) is 0 Å². The topological polar surface area (TPSA) is 57.7 Å². The molecule has 0 heterocycles. The molecular formula is C22H36F2N2O3.